The number of hydrogen-bond donors (Lipinski definition) is 1. The van der Waals surface area contributed by atoms with Crippen LogP contribution in [0.4, 0.5) is 0 Å². The maximum absolute atomic E-state index is 10.2. The minimum Gasteiger partial charge on any atom is -0.488 e. The standard InChI is InChI=1S/C26H24O2S/c1-26(2,27)21-14-12-20(13-15-21)25-23(16-17-29-25)22-10-6-7-11-24(22)28-18-19-8-4-3-5-9-19/h3-17,27H,18H2,1-2H3. The van der Waals surface area contributed by atoms with Gasteiger partial charge < -0.3 is 9.84 Å². The molecule has 0 bridgehead atoms. The van der Waals surface area contributed by atoms with E-state index in [0.29, 0.717) is 6.61 Å². The van der Waals surface area contributed by atoms with Crippen molar-refractivity contribution in [3.8, 4) is 27.3 Å². The summed E-state index contributed by atoms with van der Waals surface area (Å²) in [6, 6.07) is 28.7. The minimum atomic E-state index is -0.839. The summed E-state index contributed by atoms with van der Waals surface area (Å²) in [6.45, 7) is 4.15. The van der Waals surface area contributed by atoms with Crippen LogP contribution in [-0.4, -0.2) is 5.11 Å². The van der Waals surface area contributed by atoms with Gasteiger partial charge in [-0.25, -0.2) is 0 Å². The Labute approximate surface area is 176 Å². The summed E-state index contributed by atoms with van der Waals surface area (Å²) in [4.78, 5) is 1.20. The van der Waals surface area contributed by atoms with Gasteiger partial charge in [0.15, 0.2) is 0 Å². The van der Waals surface area contributed by atoms with Gasteiger partial charge in [0.1, 0.15) is 12.4 Å². The largest absolute Gasteiger partial charge is 0.488 e. The Morgan fingerprint density at radius 1 is 0.793 bits per heavy atom. The summed E-state index contributed by atoms with van der Waals surface area (Å²) in [5, 5.41) is 12.3. The minimum absolute atomic E-state index is 0.539. The van der Waals surface area contributed by atoms with Crippen molar-refractivity contribution in [2.75, 3.05) is 0 Å². The first-order chi connectivity index (χ1) is 14.0. The number of para-hydroxylation sites is 1. The second kappa shape index (κ2) is 8.24. The van der Waals surface area contributed by atoms with Crippen molar-refractivity contribution in [2.24, 2.45) is 0 Å². The van der Waals surface area contributed by atoms with Crippen molar-refractivity contribution >= 4 is 11.3 Å². The van der Waals surface area contributed by atoms with Crippen molar-refractivity contribution in [1.29, 1.82) is 0 Å². The average Bonchev–Trinajstić information content (AvgIpc) is 3.22. The van der Waals surface area contributed by atoms with Crippen LogP contribution in [0.1, 0.15) is 25.0 Å². The highest BCUT2D eigenvalue weighted by atomic mass is 32.1. The van der Waals surface area contributed by atoms with Gasteiger partial charge in [-0.2, -0.15) is 0 Å². The van der Waals surface area contributed by atoms with E-state index in [1.165, 1.54) is 4.88 Å². The molecule has 0 unspecified atom stereocenters. The Kier molecular flexibility index (Phi) is 5.52. The monoisotopic (exact) mass is 400 g/mol. The Bertz CT molecular complexity index is 1070. The lowest BCUT2D eigenvalue weighted by molar-refractivity contribution is 0.0786. The van der Waals surface area contributed by atoms with Crippen LogP contribution in [0.25, 0.3) is 21.6 Å². The molecule has 3 heteroatoms. The van der Waals surface area contributed by atoms with E-state index in [0.717, 1.165) is 33.6 Å². The predicted octanol–water partition coefficient (Wildman–Crippen LogP) is 6.89. The molecule has 0 aliphatic rings. The fourth-order valence-electron chi connectivity index (χ4n) is 3.32. The molecule has 0 saturated carbocycles. The van der Waals surface area contributed by atoms with Crippen molar-refractivity contribution in [3.05, 3.63) is 101 Å². The van der Waals surface area contributed by atoms with E-state index < -0.39 is 5.60 Å². The molecular weight excluding hydrogens is 376 g/mol. The zero-order chi connectivity index (χ0) is 20.3. The fourth-order valence-corrected chi connectivity index (χ4v) is 4.24. The van der Waals surface area contributed by atoms with Crippen LogP contribution in [0.3, 0.4) is 0 Å². The van der Waals surface area contributed by atoms with Crippen LogP contribution < -0.4 is 4.74 Å². The number of hydrogen-bond acceptors (Lipinski definition) is 3. The normalized spacial score (nSPS) is 11.4. The number of ether oxygens (including phenoxy) is 1. The van der Waals surface area contributed by atoms with Gasteiger partial charge in [-0.15, -0.1) is 11.3 Å². The van der Waals surface area contributed by atoms with Gasteiger partial charge in [-0.3, -0.25) is 0 Å². The van der Waals surface area contributed by atoms with Crippen LogP contribution >= 0.6 is 11.3 Å². The molecule has 0 fully saturated rings. The Morgan fingerprint density at radius 2 is 1.48 bits per heavy atom. The first-order valence-electron chi connectivity index (χ1n) is 9.69. The maximum atomic E-state index is 10.2. The second-order valence-corrected chi connectivity index (χ2v) is 8.49. The molecule has 0 atom stereocenters. The summed E-state index contributed by atoms with van der Waals surface area (Å²) < 4.78 is 6.17. The predicted molar refractivity (Wildman–Crippen MR) is 121 cm³/mol. The maximum Gasteiger partial charge on any atom is 0.127 e. The lowest BCUT2D eigenvalue weighted by atomic mass is 9.96. The van der Waals surface area contributed by atoms with Crippen molar-refractivity contribution < 1.29 is 9.84 Å². The molecule has 4 aromatic rings. The van der Waals surface area contributed by atoms with Gasteiger partial charge in [0.2, 0.25) is 0 Å². The Morgan fingerprint density at radius 3 is 2.21 bits per heavy atom. The van der Waals surface area contributed by atoms with E-state index in [9.17, 15) is 5.11 Å². The zero-order valence-corrected chi connectivity index (χ0v) is 17.4. The molecule has 0 amide bonds. The molecule has 0 saturated heterocycles. The van der Waals surface area contributed by atoms with Crippen molar-refractivity contribution in [3.63, 3.8) is 0 Å². The Balaban J connectivity index is 1.65. The molecule has 146 valence electrons. The molecule has 0 spiro atoms. The number of benzene rings is 3. The van der Waals surface area contributed by atoms with E-state index in [1.54, 1.807) is 25.2 Å². The van der Waals surface area contributed by atoms with Crippen LogP contribution in [0.2, 0.25) is 0 Å². The lowest BCUT2D eigenvalue weighted by Crippen LogP contribution is -2.14. The summed E-state index contributed by atoms with van der Waals surface area (Å²) in [5.74, 6) is 0.879. The van der Waals surface area contributed by atoms with Gasteiger partial charge >= 0.3 is 0 Å². The van der Waals surface area contributed by atoms with Gasteiger partial charge in [-0.1, -0.05) is 72.8 Å². The summed E-state index contributed by atoms with van der Waals surface area (Å²) >= 11 is 1.72. The third kappa shape index (κ3) is 4.42. The molecule has 3 aromatic carbocycles. The molecule has 2 nitrogen and oxygen atoms in total. The molecule has 1 heterocycles. The first kappa shape index (κ1) is 19.4. The van der Waals surface area contributed by atoms with E-state index in [-0.39, 0.29) is 0 Å². The molecule has 0 aliphatic heterocycles. The van der Waals surface area contributed by atoms with Gasteiger partial charge in [-0.05, 0) is 48.1 Å². The molecule has 1 N–H and O–H groups in total. The van der Waals surface area contributed by atoms with E-state index in [1.807, 2.05) is 48.5 Å². The third-order valence-corrected chi connectivity index (χ3v) is 5.90. The molecule has 1 aromatic heterocycles. The highest BCUT2D eigenvalue weighted by Crippen LogP contribution is 2.41. The van der Waals surface area contributed by atoms with Gasteiger partial charge in [0.25, 0.3) is 0 Å². The first-order valence-corrected chi connectivity index (χ1v) is 10.6. The van der Waals surface area contributed by atoms with Gasteiger partial charge in [0.05, 0.1) is 5.60 Å². The van der Waals surface area contributed by atoms with Crippen LogP contribution in [-0.2, 0) is 12.2 Å². The number of rotatable bonds is 6. The smallest absolute Gasteiger partial charge is 0.127 e. The summed E-state index contributed by atoms with van der Waals surface area (Å²) in [7, 11) is 0. The van der Waals surface area contributed by atoms with E-state index >= 15 is 0 Å². The fraction of sp³-hybridized carbons (Fsp3) is 0.154. The topological polar surface area (TPSA) is 29.5 Å². The summed E-state index contributed by atoms with van der Waals surface area (Å²) in [5.41, 5.74) is 4.61. The number of thiophene rings is 1. The van der Waals surface area contributed by atoms with Gasteiger partial charge in [0, 0.05) is 16.0 Å². The zero-order valence-electron chi connectivity index (χ0n) is 16.6. The Hall–Kier alpha value is -2.88. The number of aliphatic hydroxyl groups is 1. The molecular formula is C26H24O2S. The SMILES string of the molecule is CC(C)(O)c1ccc(-c2sccc2-c2ccccc2OCc2ccccc2)cc1. The summed E-state index contributed by atoms with van der Waals surface area (Å²) in [6.07, 6.45) is 0. The van der Waals surface area contributed by atoms with Crippen molar-refractivity contribution in [2.45, 2.75) is 26.1 Å². The van der Waals surface area contributed by atoms with Crippen LogP contribution in [0.15, 0.2) is 90.3 Å². The molecule has 0 aliphatic carbocycles. The molecule has 0 radical (unpaired) electrons. The van der Waals surface area contributed by atoms with E-state index in [4.69, 9.17) is 4.74 Å². The molecule has 4 rings (SSSR count). The quantitative estimate of drug-likeness (QED) is 0.382. The highest BCUT2D eigenvalue weighted by Gasteiger charge is 2.17. The third-order valence-electron chi connectivity index (χ3n) is 4.93. The highest BCUT2D eigenvalue weighted by molar-refractivity contribution is 7.14. The molecule has 29 heavy (non-hydrogen) atoms. The van der Waals surface area contributed by atoms with E-state index in [2.05, 4.69) is 41.8 Å². The lowest BCUT2D eigenvalue weighted by Gasteiger charge is -2.18. The van der Waals surface area contributed by atoms with Crippen LogP contribution in [0, 0.1) is 0 Å². The van der Waals surface area contributed by atoms with Crippen LogP contribution in [0.5, 0.6) is 5.75 Å². The second-order valence-electron chi connectivity index (χ2n) is 7.57. The average molecular weight is 401 g/mol. The van der Waals surface area contributed by atoms with Crippen molar-refractivity contribution in [1.82, 2.24) is 0 Å².